The molecule has 220 valence electrons. The molecule has 0 radical (unpaired) electrons. The minimum absolute atomic E-state index is 0.227. The maximum Gasteiger partial charge on any atom is 0.434 e. The number of halogens is 4. The molecule has 0 spiro atoms. The third-order valence-corrected chi connectivity index (χ3v) is 7.98. The highest BCUT2D eigenvalue weighted by Crippen LogP contribution is 2.43. The molecule has 41 heavy (non-hydrogen) atoms. The number of pyridine rings is 1. The van der Waals surface area contributed by atoms with Crippen molar-refractivity contribution in [3.63, 3.8) is 0 Å². The molecule has 5 atom stereocenters. The van der Waals surface area contributed by atoms with Crippen LogP contribution in [0.2, 0.25) is 0 Å². The molecule has 1 fully saturated rings. The minimum Gasteiger partial charge on any atom is -0.463 e. The molecule has 0 aliphatic carbocycles. The molecule has 3 aromatic rings. The van der Waals surface area contributed by atoms with Crippen molar-refractivity contribution >= 4 is 56.9 Å². The second kappa shape index (κ2) is 12.8. The lowest BCUT2D eigenvalue weighted by molar-refractivity contribution is -0.212. The van der Waals surface area contributed by atoms with Crippen molar-refractivity contribution in [1.82, 2.24) is 25.0 Å². The Hall–Kier alpha value is -3.09. The highest BCUT2D eigenvalue weighted by Gasteiger charge is 2.52. The average molecular weight is 680 g/mol. The topological polar surface area (TPSA) is 145 Å². The number of aromatic nitrogens is 5. The molecule has 1 saturated heterocycles. The van der Waals surface area contributed by atoms with Crippen molar-refractivity contribution < 1.29 is 46.5 Å². The molecule has 18 heteroatoms. The van der Waals surface area contributed by atoms with Gasteiger partial charge in [-0.3, -0.25) is 14.4 Å². The van der Waals surface area contributed by atoms with Crippen LogP contribution < -0.4 is 0 Å². The van der Waals surface area contributed by atoms with Crippen LogP contribution in [-0.4, -0.2) is 73.2 Å². The van der Waals surface area contributed by atoms with Gasteiger partial charge < -0.3 is 18.9 Å². The van der Waals surface area contributed by atoms with Crippen LogP contribution in [0.25, 0.3) is 10.7 Å². The Morgan fingerprint density at radius 3 is 2.41 bits per heavy atom. The van der Waals surface area contributed by atoms with E-state index in [0.717, 1.165) is 31.8 Å². The molecular formula is C23H21BrF3N5O7S2. The second-order valence-electron chi connectivity index (χ2n) is 8.52. The molecular weight excluding hydrogens is 659 g/mol. The van der Waals surface area contributed by atoms with Crippen LogP contribution in [-0.2, 0) is 39.5 Å². The van der Waals surface area contributed by atoms with Crippen molar-refractivity contribution in [2.75, 3.05) is 6.61 Å². The van der Waals surface area contributed by atoms with Gasteiger partial charge >= 0.3 is 24.1 Å². The number of thioether (sulfide) groups is 1. The minimum atomic E-state index is -4.69. The van der Waals surface area contributed by atoms with Crippen molar-refractivity contribution in [2.45, 2.75) is 61.6 Å². The van der Waals surface area contributed by atoms with E-state index < -0.39 is 59.6 Å². The van der Waals surface area contributed by atoms with E-state index in [1.54, 1.807) is 11.6 Å². The Labute approximate surface area is 247 Å². The standard InChI is InChI=1S/C23H21BrF3N5O7S2/c1-10(33)36-9-16-18(37-11(2)34)17(32-8-15(30-31-32)21-28-4-5-40-21)19(38-12(3)35)22(39-16)41-13-6-14(24)20(29-7-13)23(25,26)27/h4-8,16-19,22H,9H2,1-3H3/t16-,17+,18+,19-,22-/m1/s1. The summed E-state index contributed by atoms with van der Waals surface area (Å²) in [4.78, 5) is 44.0. The van der Waals surface area contributed by atoms with E-state index >= 15 is 0 Å². The van der Waals surface area contributed by atoms with Crippen molar-refractivity contribution in [1.29, 1.82) is 0 Å². The summed E-state index contributed by atoms with van der Waals surface area (Å²) in [6, 6.07) is 0.126. The highest BCUT2D eigenvalue weighted by molar-refractivity contribution is 9.10. The number of esters is 3. The zero-order valence-electron chi connectivity index (χ0n) is 21.4. The van der Waals surface area contributed by atoms with Crippen LogP contribution in [0.1, 0.15) is 32.5 Å². The fourth-order valence-corrected chi connectivity index (χ4v) is 6.41. The van der Waals surface area contributed by atoms with Crippen LogP contribution in [0.15, 0.2) is 39.4 Å². The Balaban J connectivity index is 1.78. The largest absolute Gasteiger partial charge is 0.463 e. The van der Waals surface area contributed by atoms with Crippen LogP contribution in [0, 0.1) is 0 Å². The normalized spacial score (nSPS) is 22.7. The van der Waals surface area contributed by atoms with E-state index in [4.69, 9.17) is 18.9 Å². The summed E-state index contributed by atoms with van der Waals surface area (Å²) >= 11 is 5.10. The molecule has 3 aromatic heterocycles. The van der Waals surface area contributed by atoms with Gasteiger partial charge in [0.15, 0.2) is 17.9 Å². The zero-order chi connectivity index (χ0) is 29.9. The Bertz CT molecular complexity index is 1410. The summed E-state index contributed by atoms with van der Waals surface area (Å²) in [6.45, 7) is 3.13. The van der Waals surface area contributed by atoms with E-state index in [1.165, 1.54) is 35.2 Å². The molecule has 0 aromatic carbocycles. The molecule has 0 bridgehead atoms. The molecule has 4 heterocycles. The van der Waals surface area contributed by atoms with E-state index in [9.17, 15) is 27.6 Å². The molecule has 1 aliphatic rings. The number of ether oxygens (including phenoxy) is 4. The predicted octanol–water partition coefficient (Wildman–Crippen LogP) is 4.06. The van der Waals surface area contributed by atoms with Gasteiger partial charge in [0, 0.05) is 47.9 Å². The summed E-state index contributed by atoms with van der Waals surface area (Å²) in [7, 11) is 0. The summed E-state index contributed by atoms with van der Waals surface area (Å²) in [5.74, 6) is -2.07. The summed E-state index contributed by atoms with van der Waals surface area (Å²) in [5.41, 5.74) is -1.86. The Morgan fingerprint density at radius 2 is 1.83 bits per heavy atom. The monoisotopic (exact) mass is 679 g/mol. The van der Waals surface area contributed by atoms with Gasteiger partial charge in [0.2, 0.25) is 0 Å². The Morgan fingerprint density at radius 1 is 1.12 bits per heavy atom. The van der Waals surface area contributed by atoms with E-state index in [1.807, 2.05) is 0 Å². The van der Waals surface area contributed by atoms with E-state index in [0.29, 0.717) is 10.7 Å². The van der Waals surface area contributed by atoms with Crippen molar-refractivity contribution in [2.24, 2.45) is 0 Å². The van der Waals surface area contributed by atoms with Crippen molar-refractivity contribution in [3.8, 4) is 10.7 Å². The van der Waals surface area contributed by atoms with Gasteiger partial charge in [-0.05, 0) is 22.0 Å². The molecule has 4 rings (SSSR count). The van der Waals surface area contributed by atoms with Crippen molar-refractivity contribution in [3.05, 3.63) is 40.2 Å². The maximum atomic E-state index is 13.3. The molecule has 1 aliphatic heterocycles. The lowest BCUT2D eigenvalue weighted by Crippen LogP contribution is -2.57. The number of hydrogen-bond donors (Lipinski definition) is 0. The first kappa shape index (κ1) is 30.9. The molecule has 0 N–H and O–H groups in total. The molecule has 0 saturated carbocycles. The fraction of sp³-hybridized carbons (Fsp3) is 0.435. The first-order valence-corrected chi connectivity index (χ1v) is 14.2. The van der Waals surface area contributed by atoms with Crippen LogP contribution in [0.5, 0.6) is 0 Å². The van der Waals surface area contributed by atoms with Gasteiger partial charge in [-0.15, -0.1) is 16.4 Å². The lowest BCUT2D eigenvalue weighted by atomic mass is 9.96. The van der Waals surface area contributed by atoms with Crippen LogP contribution in [0.3, 0.4) is 0 Å². The second-order valence-corrected chi connectivity index (χ2v) is 11.4. The maximum absolute atomic E-state index is 13.3. The van der Waals surface area contributed by atoms with Crippen LogP contribution in [0.4, 0.5) is 13.2 Å². The summed E-state index contributed by atoms with van der Waals surface area (Å²) in [6.07, 6.45) is -4.12. The third-order valence-electron chi connectivity index (χ3n) is 5.48. The smallest absolute Gasteiger partial charge is 0.434 e. The number of rotatable bonds is 8. The summed E-state index contributed by atoms with van der Waals surface area (Å²) in [5, 5.41) is 10.6. The summed E-state index contributed by atoms with van der Waals surface area (Å²) < 4.78 is 63.3. The van der Waals surface area contributed by atoms with E-state index in [-0.39, 0.29) is 16.0 Å². The number of alkyl halides is 3. The number of thiazole rings is 1. The highest BCUT2D eigenvalue weighted by atomic mass is 79.9. The zero-order valence-corrected chi connectivity index (χ0v) is 24.6. The van der Waals surface area contributed by atoms with Gasteiger partial charge in [-0.2, -0.15) is 13.2 Å². The molecule has 12 nitrogen and oxygen atoms in total. The first-order valence-electron chi connectivity index (χ1n) is 11.7. The quantitative estimate of drug-likeness (QED) is 0.250. The predicted molar refractivity (Wildman–Crippen MR) is 139 cm³/mol. The lowest BCUT2D eigenvalue weighted by Gasteiger charge is -2.44. The number of hydrogen-bond acceptors (Lipinski definition) is 13. The fourth-order valence-electron chi connectivity index (χ4n) is 3.98. The number of carbonyl (C=O) groups excluding carboxylic acids is 3. The molecule has 0 unspecified atom stereocenters. The molecule has 0 amide bonds. The number of carbonyl (C=O) groups is 3. The van der Waals surface area contributed by atoms with Gasteiger partial charge in [-0.1, -0.05) is 17.0 Å². The average Bonchev–Trinajstić information content (AvgIpc) is 3.55. The van der Waals surface area contributed by atoms with Gasteiger partial charge in [0.25, 0.3) is 0 Å². The first-order chi connectivity index (χ1) is 19.3. The van der Waals surface area contributed by atoms with Gasteiger partial charge in [0.1, 0.15) is 34.9 Å². The van der Waals surface area contributed by atoms with E-state index in [2.05, 4.69) is 36.2 Å². The Kier molecular flexibility index (Phi) is 9.66. The van der Waals surface area contributed by atoms with Crippen LogP contribution >= 0.6 is 39.0 Å². The van der Waals surface area contributed by atoms with Gasteiger partial charge in [0.05, 0.1) is 6.20 Å². The SMILES string of the molecule is CC(=O)OC[C@H]1O[C@H](Sc2cnc(C(F)(F)F)c(Br)c2)[C@H](OC(C)=O)[C@@H](n2cc(-c3nccs3)nn2)[C@H]1OC(C)=O. The number of nitrogens with zero attached hydrogens (tertiary/aromatic N) is 5. The third kappa shape index (κ3) is 7.60. The van der Waals surface area contributed by atoms with Gasteiger partial charge in [-0.25, -0.2) is 14.6 Å².